The fourth-order valence-electron chi connectivity index (χ4n) is 17.6. The lowest BCUT2D eigenvalue weighted by Gasteiger charge is -2.42. The number of aromatic nitrogens is 4. The molecule has 6 nitrogen and oxygen atoms in total. The van der Waals surface area contributed by atoms with E-state index in [0.29, 0.717) is 38.9 Å². The summed E-state index contributed by atoms with van der Waals surface area (Å²) in [5.74, 6) is 2.21. The van der Waals surface area contributed by atoms with Crippen molar-refractivity contribution < 1.29 is 24.2 Å². The molecule has 0 radical (unpaired) electrons. The van der Waals surface area contributed by atoms with Gasteiger partial charge in [0.05, 0.1) is 37.8 Å². The van der Waals surface area contributed by atoms with E-state index in [9.17, 15) is 0 Å². The lowest BCUT2D eigenvalue weighted by atomic mass is 9.61. The van der Waals surface area contributed by atoms with E-state index in [4.69, 9.17) is 29.2 Å². The highest BCUT2D eigenvalue weighted by atomic mass is 32.2. The Balaban J connectivity index is 0.000000166. The monoisotopic (exact) mass is 1500 g/mol. The van der Waals surface area contributed by atoms with Crippen LogP contribution in [0.2, 0.25) is 0 Å². The molecule has 0 unspecified atom stereocenters. The zero-order valence-electron chi connectivity index (χ0n) is 74.9. The number of fused-ring (bicyclic) bond motifs is 14. The zero-order valence-corrected chi connectivity index (χ0v) is 66.5. The number of imidazole rings is 2. The number of para-hydroxylation sites is 6. The van der Waals surface area contributed by atoms with Crippen molar-refractivity contribution in [3.05, 3.63) is 323 Å². The van der Waals surface area contributed by atoms with Crippen LogP contribution >= 0.6 is 23.1 Å². The number of benzene rings is 13. The molecule has 110 heavy (non-hydrogen) atoms. The second kappa shape index (κ2) is 26.2. The number of nitrogens with zero attached hydrogens (tertiary/aromatic N) is 4. The van der Waals surface area contributed by atoms with Crippen molar-refractivity contribution in [2.75, 3.05) is 0 Å². The summed E-state index contributed by atoms with van der Waals surface area (Å²) >= 11 is 3.24. The molecule has 0 N–H and O–H groups in total. The molecule has 17 aromatic rings. The smallest absolute Gasteiger partial charge is 0.307 e. The Morgan fingerprint density at radius 3 is 1.76 bits per heavy atom. The highest BCUT2D eigenvalue weighted by Gasteiger charge is 2.51. The van der Waals surface area contributed by atoms with Gasteiger partial charge in [-0.05, 0) is 197 Å². The van der Waals surface area contributed by atoms with Gasteiger partial charge in [0.1, 0.15) is 11.5 Å². The first-order chi connectivity index (χ1) is 57.2. The van der Waals surface area contributed by atoms with Crippen LogP contribution in [0.15, 0.2) is 287 Å². The van der Waals surface area contributed by atoms with Gasteiger partial charge in [-0.25, -0.2) is 4.98 Å². The summed E-state index contributed by atoms with van der Waals surface area (Å²) in [5, 5.41) is 5.24. The zero-order chi connectivity index (χ0) is 85.4. The van der Waals surface area contributed by atoms with E-state index in [1.54, 1.807) is 53.8 Å². The number of oxazole rings is 1. The van der Waals surface area contributed by atoms with Crippen molar-refractivity contribution in [3.63, 3.8) is 0 Å². The van der Waals surface area contributed by atoms with Gasteiger partial charge in [-0.3, -0.25) is 8.80 Å². The van der Waals surface area contributed by atoms with Gasteiger partial charge >= 0.3 is 5.84 Å². The van der Waals surface area contributed by atoms with Crippen molar-refractivity contribution in [2.24, 2.45) is 0 Å². The third kappa shape index (κ3) is 10.8. The van der Waals surface area contributed by atoms with Gasteiger partial charge < -0.3 is 9.15 Å². The molecule has 2 aliphatic heterocycles. The summed E-state index contributed by atoms with van der Waals surface area (Å²) < 4.78 is 116. The van der Waals surface area contributed by atoms with Gasteiger partial charge in [-0.1, -0.05) is 319 Å². The predicted octanol–water partition coefficient (Wildman–Crippen LogP) is 24.8. The van der Waals surface area contributed by atoms with Crippen molar-refractivity contribution in [2.45, 2.75) is 147 Å². The minimum absolute atomic E-state index is 0.0796. The number of hydrogen-bond acceptors (Lipinski definition) is 6. The number of rotatable bonds is 9. The number of ether oxygens (including phenoxy) is 1. The van der Waals surface area contributed by atoms with Crippen molar-refractivity contribution in [1.29, 1.82) is 0 Å². The van der Waals surface area contributed by atoms with Gasteiger partial charge in [-0.15, -0.1) is 0 Å². The minimum atomic E-state index is -3.11. The van der Waals surface area contributed by atoms with Crippen LogP contribution in [0.25, 0.3) is 98.7 Å². The molecule has 0 saturated carbocycles. The molecule has 0 spiro atoms. The topological polar surface area (TPSA) is 57.0 Å². The average molecular weight is 1500 g/mol. The molecular weight excluding hydrogens is 1390 g/mol. The van der Waals surface area contributed by atoms with Crippen LogP contribution in [0.5, 0.6) is 11.5 Å². The van der Waals surface area contributed by atoms with Crippen LogP contribution in [-0.4, -0.2) is 26.8 Å². The van der Waals surface area contributed by atoms with Crippen LogP contribution in [-0.2, 0) is 33.4 Å². The lowest BCUT2D eigenvalue weighted by molar-refractivity contribution is 0.296. The average Bonchev–Trinajstić information content (AvgIpc) is 1.69. The lowest BCUT2D eigenvalue weighted by Crippen LogP contribution is -2.75. The van der Waals surface area contributed by atoms with E-state index < -0.39 is 45.8 Å². The van der Waals surface area contributed by atoms with E-state index in [-0.39, 0.29) is 55.5 Å². The van der Waals surface area contributed by atoms with Gasteiger partial charge in [-0.2, -0.15) is 4.98 Å². The standard InChI is InChI=1S/C53H48N2OSSi.C48H44N2OS/c1-51(2,3)42-34-37(32-33-38(42)39-24-18-28-44-48(39)54-50-55(44)43-27-15-17-30-46(43)57-50)58(35-20-10-8-11-21-35,36-22-12-9-13-23-36)47-31-19-26-41-49(47)56-45-29-16-14-25-40(45)52(4,5)53(41,6)7;1-9-31-23-25-40-44(51-46-49-38-15-11-12-16-39(38)50(40)46)43(31)33-22-19-29(3)35(27-33)34-26-32(21-18-28(34)2)42-30(4)20-24-37-45(42)52-41-17-13-10-14-36(41)47(5,6)48(37,7)8/h8-34H,1-7H3;10-27H,9H2,1-8H3/i;2D3,3D3,4D3,9D2. The van der Waals surface area contributed by atoms with Gasteiger partial charge in [0.2, 0.25) is 0 Å². The number of hydrogen-bond donors (Lipinski definition) is 0. The second-order valence-electron chi connectivity index (χ2n) is 32.6. The summed E-state index contributed by atoms with van der Waals surface area (Å²) in [4.78, 5) is 12.7. The highest BCUT2D eigenvalue weighted by molar-refractivity contribution is 7.99. The van der Waals surface area contributed by atoms with Crippen molar-refractivity contribution in [1.82, 2.24) is 18.8 Å². The van der Waals surface area contributed by atoms with E-state index in [0.717, 1.165) is 59.5 Å². The maximum absolute atomic E-state index is 8.92. The largest absolute Gasteiger partial charge is 0.457 e. The molecule has 0 saturated heterocycles. The van der Waals surface area contributed by atoms with Gasteiger partial charge in [0.25, 0.3) is 0 Å². The molecule has 0 fully saturated rings. The molecular formula is C101H92N4O2S2Si. The Morgan fingerprint density at radius 2 is 1.05 bits per heavy atom. The van der Waals surface area contributed by atoms with Crippen LogP contribution in [0.4, 0.5) is 0 Å². The van der Waals surface area contributed by atoms with Crippen molar-refractivity contribution >= 4 is 106 Å². The fraction of sp³-hybridized carbons (Fsp3) is 0.208. The molecule has 6 heterocycles. The molecule has 0 amide bonds. The Morgan fingerprint density at radius 1 is 0.464 bits per heavy atom. The molecule has 544 valence electrons. The molecule has 4 aromatic heterocycles. The summed E-state index contributed by atoms with van der Waals surface area (Å²) in [6.45, 7) is 18.7. The first kappa shape index (κ1) is 59.1. The molecule has 0 atom stereocenters. The van der Waals surface area contributed by atoms with Gasteiger partial charge in [0.15, 0.2) is 18.6 Å². The summed E-state index contributed by atoms with van der Waals surface area (Å²) in [5.41, 5.74) is 14.3. The first-order valence-electron chi connectivity index (χ1n) is 43.3. The molecule has 0 bridgehead atoms. The van der Waals surface area contributed by atoms with Crippen LogP contribution in [0, 0.1) is 20.6 Å². The van der Waals surface area contributed by atoms with E-state index >= 15 is 0 Å². The third-order valence-corrected chi connectivity index (χ3v) is 31.8. The van der Waals surface area contributed by atoms with E-state index in [2.05, 4.69) is 255 Å². The quantitative estimate of drug-likeness (QED) is 0.106. The van der Waals surface area contributed by atoms with E-state index in [1.165, 1.54) is 84.0 Å². The van der Waals surface area contributed by atoms with E-state index in [1.807, 2.05) is 52.9 Å². The molecule has 2 aliphatic rings. The first-order valence-corrected chi connectivity index (χ1v) is 41.4. The van der Waals surface area contributed by atoms with Crippen LogP contribution in [0.3, 0.4) is 0 Å². The Hall–Kier alpha value is -10.8. The Bertz CT molecular complexity index is 7000. The van der Waals surface area contributed by atoms with Crippen LogP contribution < -0.4 is 25.5 Å². The highest BCUT2D eigenvalue weighted by Crippen LogP contribution is 2.58. The summed E-state index contributed by atoms with van der Waals surface area (Å²) in [7, 11) is -3.11. The SMILES string of the molecule is CC(C)(C)c1cc([Si](c2ccccc2)(c2ccccc2)c2cccc3c2Oc2ccccc2C(C)(C)C3(C)C)ccc1-c1cccc2c1nc1sc3ccccc3n12.[2H]C([2H])([2H])c1ccc(-c2c(C([2H])([2H])[2H])ccc3c2Sc2ccccc2C(C)(C)C3(C)C)cc1-c1cc(-c2c(C([2H])([2H])C)ccc3c2oc2nc4ccccc4n23)ccc1C([2H])([2H])[2H]. The number of aryl methyl sites for hydroxylation is 4. The molecule has 13 aromatic carbocycles. The molecule has 0 aliphatic carbocycles. The summed E-state index contributed by atoms with van der Waals surface area (Å²) in [6.07, 6.45) is -1.90. The molecule has 19 rings (SSSR count). The Labute approximate surface area is 671 Å². The minimum Gasteiger partial charge on any atom is -0.457 e. The third-order valence-electron chi connectivity index (χ3n) is 24.8. The maximum atomic E-state index is 8.92. The summed E-state index contributed by atoms with van der Waals surface area (Å²) in [6, 6.07) is 92.8. The number of thiazole rings is 1. The fourth-order valence-corrected chi connectivity index (χ4v) is 25.1. The van der Waals surface area contributed by atoms with Crippen LogP contribution in [0.1, 0.15) is 148 Å². The maximum Gasteiger partial charge on any atom is 0.307 e. The Kier molecular flexibility index (Phi) is 14.1. The van der Waals surface area contributed by atoms with Crippen molar-refractivity contribution in [3.8, 4) is 56.0 Å². The molecule has 9 heteroatoms. The predicted molar refractivity (Wildman–Crippen MR) is 467 cm³/mol. The normalized spacial score (nSPS) is 16.8. The second-order valence-corrected chi connectivity index (χ2v) is 38.5. The van der Waals surface area contributed by atoms with Gasteiger partial charge in [0, 0.05) is 58.0 Å².